The minimum atomic E-state index is -1.12. The average Bonchev–Trinajstić information content (AvgIpc) is 2.11. The Labute approximate surface area is 119 Å². The molecule has 0 aromatic heterocycles. The zero-order valence-corrected chi connectivity index (χ0v) is 15.7. The third-order valence-corrected chi connectivity index (χ3v) is 6.46. The molecule has 0 amide bonds. The molecule has 0 saturated heterocycles. The lowest BCUT2D eigenvalue weighted by Gasteiger charge is -2.29. The Bertz CT molecular complexity index is 190. The fraction of sp³-hybridized carbons (Fsp3) is 1.00. The molecule has 0 aliphatic heterocycles. The van der Waals surface area contributed by atoms with Crippen molar-refractivity contribution in [2.24, 2.45) is 0 Å². The smallest absolute Gasteiger partial charge is 0.0691 e. The molecule has 104 valence electrons. The lowest BCUT2D eigenvalue weighted by Crippen LogP contribution is -2.36. The summed E-state index contributed by atoms with van der Waals surface area (Å²) in [5, 5.41) is 0. The summed E-state index contributed by atoms with van der Waals surface area (Å²) < 4.78 is 6.11. The van der Waals surface area contributed by atoms with E-state index in [1.54, 1.807) is 0 Å². The molecule has 0 aliphatic carbocycles. The van der Waals surface area contributed by atoms with Crippen LogP contribution < -0.4 is 0 Å². The minimum Gasteiger partial charge on any atom is -0.373 e. The number of rotatable bonds is 8. The van der Waals surface area contributed by atoms with Crippen molar-refractivity contribution < 1.29 is 4.74 Å². The standard InChI is InChI=1S/C12H28Cl2OSi2/c1-16(2,3)9-11(7-13)15-12(8-14)10-17(4,5)6/h11-12H,7-10H2,1-6H3. The summed E-state index contributed by atoms with van der Waals surface area (Å²) >= 11 is 12.0. The van der Waals surface area contributed by atoms with Gasteiger partial charge in [0, 0.05) is 27.9 Å². The van der Waals surface area contributed by atoms with Crippen LogP contribution in [-0.2, 0) is 4.74 Å². The molecule has 0 radical (unpaired) electrons. The van der Waals surface area contributed by atoms with E-state index in [0.29, 0.717) is 11.8 Å². The first-order valence-corrected chi connectivity index (χ1v) is 14.8. The number of alkyl halides is 2. The third kappa shape index (κ3) is 10.6. The van der Waals surface area contributed by atoms with Crippen LogP contribution in [0, 0.1) is 0 Å². The summed E-state index contributed by atoms with van der Waals surface area (Å²) in [5.74, 6) is 1.17. The summed E-state index contributed by atoms with van der Waals surface area (Å²) in [4.78, 5) is 0. The van der Waals surface area contributed by atoms with Crippen molar-refractivity contribution in [3.8, 4) is 0 Å². The summed E-state index contributed by atoms with van der Waals surface area (Å²) in [6.07, 6.45) is 0.367. The van der Waals surface area contributed by atoms with Crippen LogP contribution in [-0.4, -0.2) is 40.1 Å². The maximum absolute atomic E-state index is 6.11. The van der Waals surface area contributed by atoms with E-state index in [1.807, 2.05) is 0 Å². The van der Waals surface area contributed by atoms with Gasteiger partial charge in [-0.1, -0.05) is 39.3 Å². The van der Waals surface area contributed by atoms with Crippen LogP contribution in [0.2, 0.25) is 51.4 Å². The summed E-state index contributed by atoms with van der Waals surface area (Å²) in [6.45, 7) is 14.1. The first-order valence-electron chi connectivity index (χ1n) is 6.35. The van der Waals surface area contributed by atoms with Crippen LogP contribution in [0.4, 0.5) is 0 Å². The van der Waals surface area contributed by atoms with E-state index in [1.165, 1.54) is 0 Å². The fourth-order valence-corrected chi connectivity index (χ4v) is 5.86. The Morgan fingerprint density at radius 2 is 1.06 bits per heavy atom. The SMILES string of the molecule is C[Si](C)(C)CC(CCl)OC(CCl)C[Si](C)(C)C. The number of ether oxygens (including phenoxy) is 1. The van der Waals surface area contributed by atoms with Gasteiger partial charge in [0.15, 0.2) is 0 Å². The van der Waals surface area contributed by atoms with Crippen molar-refractivity contribution in [3.05, 3.63) is 0 Å². The second-order valence-electron chi connectivity index (χ2n) is 7.22. The van der Waals surface area contributed by atoms with E-state index in [0.717, 1.165) is 12.1 Å². The second kappa shape index (κ2) is 7.54. The van der Waals surface area contributed by atoms with Crippen molar-refractivity contribution in [3.63, 3.8) is 0 Å². The van der Waals surface area contributed by atoms with Crippen molar-refractivity contribution in [2.45, 2.75) is 63.6 Å². The van der Waals surface area contributed by atoms with E-state index in [9.17, 15) is 0 Å². The van der Waals surface area contributed by atoms with Gasteiger partial charge in [-0.15, -0.1) is 23.2 Å². The van der Waals surface area contributed by atoms with Crippen molar-refractivity contribution in [1.82, 2.24) is 0 Å². The zero-order chi connectivity index (χ0) is 13.7. The fourth-order valence-electron chi connectivity index (χ4n) is 1.92. The van der Waals surface area contributed by atoms with Crippen molar-refractivity contribution in [2.75, 3.05) is 11.8 Å². The van der Waals surface area contributed by atoms with Gasteiger partial charge in [0.1, 0.15) is 0 Å². The molecule has 5 heteroatoms. The Morgan fingerprint density at radius 3 is 1.24 bits per heavy atom. The molecule has 0 bridgehead atoms. The minimum absolute atomic E-state index is 0.184. The lowest BCUT2D eigenvalue weighted by atomic mass is 10.4. The van der Waals surface area contributed by atoms with Crippen LogP contribution in [0.15, 0.2) is 0 Å². The van der Waals surface area contributed by atoms with Gasteiger partial charge in [-0.25, -0.2) is 0 Å². The van der Waals surface area contributed by atoms with Gasteiger partial charge in [-0.05, 0) is 12.1 Å². The molecule has 0 fully saturated rings. The van der Waals surface area contributed by atoms with Crippen molar-refractivity contribution in [1.29, 1.82) is 0 Å². The normalized spacial score (nSPS) is 16.9. The maximum atomic E-state index is 6.11. The lowest BCUT2D eigenvalue weighted by molar-refractivity contribution is 0.0325. The predicted molar refractivity (Wildman–Crippen MR) is 86.4 cm³/mol. The van der Waals surface area contributed by atoms with E-state index in [-0.39, 0.29) is 12.2 Å². The zero-order valence-electron chi connectivity index (χ0n) is 12.1. The van der Waals surface area contributed by atoms with Gasteiger partial charge in [-0.2, -0.15) is 0 Å². The summed E-state index contributed by atoms with van der Waals surface area (Å²) in [6, 6.07) is 2.24. The molecule has 0 spiro atoms. The van der Waals surface area contributed by atoms with E-state index in [4.69, 9.17) is 27.9 Å². The molecule has 1 nitrogen and oxygen atoms in total. The molecule has 17 heavy (non-hydrogen) atoms. The van der Waals surface area contributed by atoms with Gasteiger partial charge in [-0.3, -0.25) is 0 Å². The molecular weight excluding hydrogens is 287 g/mol. The van der Waals surface area contributed by atoms with Crippen LogP contribution in [0.1, 0.15) is 0 Å². The second-order valence-corrected chi connectivity index (χ2v) is 18.9. The first kappa shape index (κ1) is 18.0. The molecule has 0 aromatic rings. The molecule has 2 atom stereocenters. The number of hydrogen-bond acceptors (Lipinski definition) is 1. The van der Waals surface area contributed by atoms with Gasteiger partial charge in [0.2, 0.25) is 0 Å². The molecule has 0 aliphatic rings. The average molecular weight is 315 g/mol. The number of hydrogen-bond donors (Lipinski definition) is 0. The Hall–Kier alpha value is 0.974. The third-order valence-electron chi connectivity index (χ3n) is 2.41. The predicted octanol–water partition coefficient (Wildman–Crippen LogP) is 4.89. The molecule has 0 rings (SSSR count). The molecular formula is C12H28Cl2OSi2. The molecule has 2 unspecified atom stereocenters. The van der Waals surface area contributed by atoms with Gasteiger partial charge < -0.3 is 4.74 Å². The van der Waals surface area contributed by atoms with Gasteiger partial charge in [0.25, 0.3) is 0 Å². The highest BCUT2D eigenvalue weighted by molar-refractivity contribution is 6.76. The van der Waals surface area contributed by atoms with Crippen LogP contribution in [0.3, 0.4) is 0 Å². The molecule has 0 aromatic carbocycles. The van der Waals surface area contributed by atoms with E-state index >= 15 is 0 Å². The Kier molecular flexibility index (Phi) is 7.97. The quantitative estimate of drug-likeness (QED) is 0.457. The van der Waals surface area contributed by atoms with Crippen LogP contribution >= 0.6 is 23.2 Å². The highest BCUT2D eigenvalue weighted by Gasteiger charge is 2.26. The van der Waals surface area contributed by atoms with Crippen molar-refractivity contribution >= 4 is 39.3 Å². The molecule has 0 saturated carbocycles. The highest BCUT2D eigenvalue weighted by Crippen LogP contribution is 2.21. The largest absolute Gasteiger partial charge is 0.373 e. The Balaban J connectivity index is 4.32. The Morgan fingerprint density at radius 1 is 0.765 bits per heavy atom. The first-order chi connectivity index (χ1) is 7.57. The van der Waals surface area contributed by atoms with Gasteiger partial charge >= 0.3 is 0 Å². The van der Waals surface area contributed by atoms with E-state index in [2.05, 4.69) is 39.3 Å². The monoisotopic (exact) mass is 314 g/mol. The van der Waals surface area contributed by atoms with Crippen LogP contribution in [0.25, 0.3) is 0 Å². The maximum Gasteiger partial charge on any atom is 0.0691 e. The topological polar surface area (TPSA) is 9.23 Å². The van der Waals surface area contributed by atoms with Gasteiger partial charge in [0.05, 0.1) is 12.2 Å². The summed E-state index contributed by atoms with van der Waals surface area (Å²) in [7, 11) is -2.24. The molecule has 0 heterocycles. The molecule has 0 N–H and O–H groups in total. The number of halogens is 2. The highest BCUT2D eigenvalue weighted by atomic mass is 35.5. The van der Waals surface area contributed by atoms with E-state index < -0.39 is 16.1 Å². The summed E-state index contributed by atoms with van der Waals surface area (Å²) in [5.41, 5.74) is 0. The van der Waals surface area contributed by atoms with Crippen LogP contribution in [0.5, 0.6) is 0 Å².